The smallest absolute Gasteiger partial charge is 0.222 e. The molecule has 1 aliphatic rings. The van der Waals surface area contributed by atoms with Crippen LogP contribution in [-0.2, 0) is 4.74 Å². The van der Waals surface area contributed by atoms with E-state index in [9.17, 15) is 15.3 Å². The van der Waals surface area contributed by atoms with Crippen LogP contribution in [0.3, 0.4) is 0 Å². The number of hydrazine groups is 1. The Kier molecular flexibility index (Phi) is 3.80. The van der Waals surface area contributed by atoms with Crippen LogP contribution in [0.1, 0.15) is 6.23 Å². The van der Waals surface area contributed by atoms with Crippen molar-refractivity contribution in [2.45, 2.75) is 24.5 Å². The molecule has 1 saturated heterocycles. The number of nitrogens with zero attached hydrogens (tertiary/aromatic N) is 4. The average molecular weight is 311 g/mol. The lowest BCUT2D eigenvalue weighted by Gasteiger charge is -2.19. The molecule has 0 radical (unpaired) electrons. The summed E-state index contributed by atoms with van der Waals surface area (Å²) in [6.07, 6.45) is -3.11. The maximum atomic E-state index is 10.2. The van der Waals surface area contributed by atoms with E-state index in [2.05, 4.69) is 25.8 Å². The Hall–Kier alpha value is -2.05. The third kappa shape index (κ3) is 2.15. The summed E-state index contributed by atoms with van der Waals surface area (Å²) in [7, 11) is 1.63. The fourth-order valence-corrected chi connectivity index (χ4v) is 2.46. The van der Waals surface area contributed by atoms with Crippen molar-refractivity contribution in [2.24, 2.45) is 0 Å². The molecule has 0 amide bonds. The highest BCUT2D eigenvalue weighted by Gasteiger charge is 2.45. The van der Waals surface area contributed by atoms with Gasteiger partial charge in [0.25, 0.3) is 0 Å². The van der Waals surface area contributed by atoms with Gasteiger partial charge in [0.15, 0.2) is 23.2 Å². The number of aliphatic hydroxyl groups is 3. The predicted octanol–water partition coefficient (Wildman–Crippen LogP) is -2.43. The van der Waals surface area contributed by atoms with Gasteiger partial charge in [-0.15, -0.1) is 0 Å². The Morgan fingerprint density at radius 2 is 2.14 bits per heavy atom. The summed E-state index contributed by atoms with van der Waals surface area (Å²) in [5.74, 6) is 0.453. The Morgan fingerprint density at radius 1 is 1.36 bits per heavy atom. The fourth-order valence-electron chi connectivity index (χ4n) is 2.46. The van der Waals surface area contributed by atoms with Crippen molar-refractivity contribution in [3.8, 4) is 0 Å². The first-order valence-electron chi connectivity index (χ1n) is 6.62. The molecular formula is C11H17N7O4. The zero-order chi connectivity index (χ0) is 15.9. The van der Waals surface area contributed by atoms with Gasteiger partial charge in [-0.05, 0) is 0 Å². The van der Waals surface area contributed by atoms with E-state index in [4.69, 9.17) is 10.5 Å². The normalized spacial score (nSPS) is 28.4. The van der Waals surface area contributed by atoms with Crippen LogP contribution in [0.5, 0.6) is 0 Å². The number of nitrogens with two attached hydrogens (primary N) is 1. The molecule has 0 spiro atoms. The summed E-state index contributed by atoms with van der Waals surface area (Å²) >= 11 is 0. The van der Waals surface area contributed by atoms with E-state index >= 15 is 0 Å². The summed E-state index contributed by atoms with van der Waals surface area (Å²) in [4.78, 5) is 12.2. The van der Waals surface area contributed by atoms with E-state index in [0.29, 0.717) is 11.2 Å². The molecule has 11 heteroatoms. The van der Waals surface area contributed by atoms with Gasteiger partial charge in [-0.2, -0.15) is 0 Å². The highest BCUT2D eigenvalue weighted by Crippen LogP contribution is 2.34. The Bertz CT molecular complexity index is 678. The van der Waals surface area contributed by atoms with Crippen LogP contribution in [0.2, 0.25) is 0 Å². The minimum absolute atomic E-state index is 0.176. The summed E-state index contributed by atoms with van der Waals surface area (Å²) in [5.41, 5.74) is 11.9. The fraction of sp³-hybridized carbons (Fsp3) is 0.545. The lowest BCUT2D eigenvalue weighted by Crippen LogP contribution is -2.33. The maximum Gasteiger partial charge on any atom is 0.222 e. The van der Waals surface area contributed by atoms with Gasteiger partial charge in [0.05, 0.1) is 6.61 Å². The summed E-state index contributed by atoms with van der Waals surface area (Å²) < 4.78 is 6.97. The molecule has 4 atom stereocenters. The van der Waals surface area contributed by atoms with Crippen LogP contribution in [0.25, 0.3) is 11.2 Å². The molecule has 3 rings (SSSR count). The van der Waals surface area contributed by atoms with E-state index in [1.165, 1.54) is 10.9 Å². The van der Waals surface area contributed by atoms with Crippen molar-refractivity contribution in [2.75, 3.05) is 24.8 Å². The summed E-state index contributed by atoms with van der Waals surface area (Å²) in [6, 6.07) is 0. The molecule has 1 fully saturated rings. The van der Waals surface area contributed by atoms with Gasteiger partial charge in [-0.1, -0.05) is 0 Å². The maximum absolute atomic E-state index is 10.2. The number of aliphatic hydroxyl groups excluding tert-OH is 3. The van der Waals surface area contributed by atoms with Crippen LogP contribution >= 0.6 is 0 Å². The second-order valence-corrected chi connectivity index (χ2v) is 4.84. The Morgan fingerprint density at radius 3 is 2.77 bits per heavy atom. The van der Waals surface area contributed by atoms with Gasteiger partial charge in [0, 0.05) is 7.05 Å². The van der Waals surface area contributed by atoms with Crippen LogP contribution in [-0.4, -0.2) is 66.8 Å². The number of rotatable bonds is 4. The van der Waals surface area contributed by atoms with E-state index in [-0.39, 0.29) is 11.8 Å². The van der Waals surface area contributed by atoms with Gasteiger partial charge in [-0.25, -0.2) is 20.4 Å². The quantitative estimate of drug-likeness (QED) is 0.334. The monoisotopic (exact) mass is 311 g/mol. The van der Waals surface area contributed by atoms with Gasteiger partial charge < -0.3 is 25.8 Å². The van der Waals surface area contributed by atoms with Crippen LogP contribution in [0.4, 0.5) is 11.8 Å². The van der Waals surface area contributed by atoms with Crippen LogP contribution in [0.15, 0.2) is 6.33 Å². The van der Waals surface area contributed by atoms with Crippen LogP contribution < -0.4 is 16.6 Å². The highest BCUT2D eigenvalue weighted by atomic mass is 16.6. The molecule has 7 N–H and O–H groups in total. The number of ether oxygens (including phenoxy) is 1. The Labute approximate surface area is 124 Å². The second kappa shape index (κ2) is 5.62. The molecule has 120 valence electrons. The molecule has 0 aromatic carbocycles. The van der Waals surface area contributed by atoms with Crippen molar-refractivity contribution in [1.82, 2.24) is 24.9 Å². The molecule has 2 aromatic rings. The van der Waals surface area contributed by atoms with Crippen molar-refractivity contribution in [3.63, 3.8) is 0 Å². The standard InChI is InChI=1S/C11H17N7O4/c1-13-17-11-16-5-8(12)14-3-15-9(5)18(11)10-7(21)6(20)4(2-19)22-10/h3-4,6-7,10,13,19-21H,2H2,1H3,(H,16,17)(H2,12,14,15)/t4?,6-,7-,10?/m1/s1. The SMILES string of the molecule is CNNc1nc2c(N)ncnc2n1C1OC(CO)[C@@H](O)[C@H]1O. The topological polar surface area (TPSA) is 164 Å². The summed E-state index contributed by atoms with van der Waals surface area (Å²) in [5, 5.41) is 29.3. The van der Waals surface area contributed by atoms with Crippen LogP contribution in [0, 0.1) is 0 Å². The number of imidazole rings is 1. The number of nitrogen functional groups attached to an aromatic ring is 1. The number of fused-ring (bicyclic) bond motifs is 1. The largest absolute Gasteiger partial charge is 0.394 e. The van der Waals surface area contributed by atoms with Crippen molar-refractivity contribution in [1.29, 1.82) is 0 Å². The second-order valence-electron chi connectivity index (χ2n) is 4.84. The zero-order valence-corrected chi connectivity index (χ0v) is 11.7. The third-order valence-electron chi connectivity index (χ3n) is 3.51. The number of nitrogens with one attached hydrogen (secondary N) is 2. The first-order chi connectivity index (χ1) is 10.6. The van der Waals surface area contributed by atoms with Crippen molar-refractivity contribution >= 4 is 22.9 Å². The molecule has 3 heterocycles. The third-order valence-corrected chi connectivity index (χ3v) is 3.51. The molecule has 11 nitrogen and oxygen atoms in total. The van der Waals surface area contributed by atoms with Gasteiger partial charge in [0.1, 0.15) is 24.6 Å². The number of aromatic nitrogens is 4. The molecule has 1 aliphatic heterocycles. The summed E-state index contributed by atoms with van der Waals surface area (Å²) in [6.45, 7) is -0.423. The lowest BCUT2D eigenvalue weighted by molar-refractivity contribution is -0.0502. The average Bonchev–Trinajstić information content (AvgIpc) is 3.00. The Balaban J connectivity index is 2.13. The number of hydrogen-bond acceptors (Lipinski definition) is 10. The zero-order valence-electron chi connectivity index (χ0n) is 11.7. The number of hydrogen-bond donors (Lipinski definition) is 6. The van der Waals surface area contributed by atoms with E-state index in [1.54, 1.807) is 7.05 Å². The van der Waals surface area contributed by atoms with E-state index in [0.717, 1.165) is 0 Å². The highest BCUT2D eigenvalue weighted by molar-refractivity contribution is 5.84. The molecule has 0 aliphatic carbocycles. The lowest BCUT2D eigenvalue weighted by atomic mass is 10.1. The molecular weight excluding hydrogens is 294 g/mol. The molecule has 22 heavy (non-hydrogen) atoms. The van der Waals surface area contributed by atoms with E-state index < -0.39 is 31.1 Å². The molecule has 2 aromatic heterocycles. The molecule has 2 unspecified atom stereocenters. The minimum atomic E-state index is -1.26. The van der Waals surface area contributed by atoms with Gasteiger partial charge in [-0.3, -0.25) is 9.99 Å². The van der Waals surface area contributed by atoms with E-state index in [1.807, 2.05) is 0 Å². The molecule has 0 saturated carbocycles. The first kappa shape index (κ1) is 14.9. The first-order valence-corrected chi connectivity index (χ1v) is 6.62. The predicted molar refractivity (Wildman–Crippen MR) is 75.4 cm³/mol. The number of anilines is 2. The van der Waals surface area contributed by atoms with Crippen molar-refractivity contribution < 1.29 is 20.1 Å². The van der Waals surface area contributed by atoms with Gasteiger partial charge >= 0.3 is 0 Å². The van der Waals surface area contributed by atoms with Gasteiger partial charge in [0.2, 0.25) is 5.95 Å². The molecule has 0 bridgehead atoms. The van der Waals surface area contributed by atoms with Crippen molar-refractivity contribution in [3.05, 3.63) is 6.33 Å². The minimum Gasteiger partial charge on any atom is -0.394 e.